The van der Waals surface area contributed by atoms with E-state index in [2.05, 4.69) is 15.5 Å². The summed E-state index contributed by atoms with van der Waals surface area (Å²) in [4.78, 5) is 24.1. The largest absolute Gasteiger partial charge is 0.346 e. The molecule has 160 valence electrons. The molecule has 2 heterocycles. The van der Waals surface area contributed by atoms with Crippen LogP contribution in [0.15, 0.2) is 12.4 Å². The smallest absolute Gasteiger partial charge is 0.320 e. The second-order valence-electron chi connectivity index (χ2n) is 9.48. The van der Waals surface area contributed by atoms with E-state index in [4.69, 9.17) is 0 Å². The van der Waals surface area contributed by atoms with Crippen LogP contribution in [0.3, 0.4) is 0 Å². The van der Waals surface area contributed by atoms with E-state index in [-0.39, 0.29) is 23.5 Å². The number of amides is 1. The monoisotopic (exact) mass is 412 g/mol. The highest BCUT2D eigenvalue weighted by atomic mass is 16.6. The van der Waals surface area contributed by atoms with Crippen molar-refractivity contribution in [2.24, 2.45) is 17.8 Å². The molecular weight excluding hydrogens is 384 g/mol. The van der Waals surface area contributed by atoms with Crippen molar-refractivity contribution in [2.45, 2.75) is 71.0 Å². The minimum absolute atomic E-state index is 0.0868. The SMILES string of the molecule is CCn1cc(CNC(=O)c2nn(C34CC5CC(CC(C5)C3)C4)cc2[N+](=O)[O-])c(C)n1. The molecule has 0 spiro atoms. The predicted octanol–water partition coefficient (Wildman–Crippen LogP) is 3.17. The summed E-state index contributed by atoms with van der Waals surface area (Å²) in [5.41, 5.74) is 1.29. The summed E-state index contributed by atoms with van der Waals surface area (Å²) in [6.45, 7) is 4.90. The molecular formula is C21H28N6O3. The van der Waals surface area contributed by atoms with Gasteiger partial charge in [0, 0.05) is 24.8 Å². The maximum Gasteiger partial charge on any atom is 0.320 e. The molecule has 9 nitrogen and oxygen atoms in total. The molecule has 4 aliphatic carbocycles. The van der Waals surface area contributed by atoms with E-state index in [0.717, 1.165) is 37.1 Å². The number of aryl methyl sites for hydroxylation is 2. The Morgan fingerprint density at radius 3 is 2.37 bits per heavy atom. The van der Waals surface area contributed by atoms with Gasteiger partial charge in [0.05, 0.1) is 16.2 Å². The molecule has 0 aromatic carbocycles. The summed E-state index contributed by atoms with van der Waals surface area (Å²) < 4.78 is 3.59. The van der Waals surface area contributed by atoms with Gasteiger partial charge in [-0.15, -0.1) is 0 Å². The fourth-order valence-corrected chi connectivity index (χ4v) is 6.40. The van der Waals surface area contributed by atoms with Gasteiger partial charge in [-0.05, 0) is 70.1 Å². The first-order valence-electron chi connectivity index (χ1n) is 10.9. The van der Waals surface area contributed by atoms with E-state index < -0.39 is 10.8 Å². The zero-order chi connectivity index (χ0) is 21.0. The molecule has 0 radical (unpaired) electrons. The van der Waals surface area contributed by atoms with Gasteiger partial charge in [-0.25, -0.2) is 0 Å². The lowest BCUT2D eigenvalue weighted by Gasteiger charge is -2.56. The average Bonchev–Trinajstić information content (AvgIpc) is 3.29. The number of aromatic nitrogens is 4. The number of rotatable bonds is 6. The Bertz CT molecular complexity index is 971. The third kappa shape index (κ3) is 3.11. The Kier molecular flexibility index (Phi) is 4.44. The average molecular weight is 412 g/mol. The van der Waals surface area contributed by atoms with Crippen molar-refractivity contribution in [3.63, 3.8) is 0 Å². The van der Waals surface area contributed by atoms with Crippen LogP contribution >= 0.6 is 0 Å². The molecule has 4 fully saturated rings. The maximum absolute atomic E-state index is 12.9. The zero-order valence-electron chi connectivity index (χ0n) is 17.5. The van der Waals surface area contributed by atoms with Crippen molar-refractivity contribution in [1.29, 1.82) is 0 Å². The third-order valence-corrected chi connectivity index (χ3v) is 7.41. The van der Waals surface area contributed by atoms with E-state index in [1.54, 1.807) is 9.36 Å². The topological polar surface area (TPSA) is 108 Å². The molecule has 4 bridgehead atoms. The number of nitro groups is 1. The van der Waals surface area contributed by atoms with E-state index >= 15 is 0 Å². The Morgan fingerprint density at radius 1 is 1.20 bits per heavy atom. The van der Waals surface area contributed by atoms with Crippen LogP contribution in [0.4, 0.5) is 5.69 Å². The molecule has 6 rings (SSSR count). The first-order chi connectivity index (χ1) is 14.4. The first-order valence-corrected chi connectivity index (χ1v) is 10.9. The molecule has 0 unspecified atom stereocenters. The summed E-state index contributed by atoms with van der Waals surface area (Å²) in [5.74, 6) is 1.56. The fourth-order valence-electron chi connectivity index (χ4n) is 6.40. The Balaban J connectivity index is 1.40. The van der Waals surface area contributed by atoms with E-state index in [1.807, 2.05) is 20.0 Å². The van der Waals surface area contributed by atoms with Crippen LogP contribution in [-0.2, 0) is 18.6 Å². The number of nitrogens with one attached hydrogen (secondary N) is 1. The van der Waals surface area contributed by atoms with Crippen LogP contribution in [0.2, 0.25) is 0 Å². The summed E-state index contributed by atoms with van der Waals surface area (Å²) >= 11 is 0. The number of carbonyl (C=O) groups excluding carboxylic acids is 1. The number of carbonyl (C=O) groups is 1. The van der Waals surface area contributed by atoms with Crippen molar-refractivity contribution in [1.82, 2.24) is 24.9 Å². The molecule has 1 amide bonds. The molecule has 9 heteroatoms. The van der Waals surface area contributed by atoms with Gasteiger partial charge in [0.15, 0.2) is 0 Å². The second kappa shape index (κ2) is 6.92. The zero-order valence-corrected chi connectivity index (χ0v) is 17.5. The van der Waals surface area contributed by atoms with Crippen LogP contribution in [0.1, 0.15) is 67.2 Å². The first kappa shape index (κ1) is 19.3. The Hall–Kier alpha value is -2.71. The number of nitrogens with zero attached hydrogens (tertiary/aromatic N) is 5. The van der Waals surface area contributed by atoms with Crippen molar-refractivity contribution >= 4 is 11.6 Å². The molecule has 2 aromatic rings. The molecule has 0 atom stereocenters. The summed E-state index contributed by atoms with van der Waals surface area (Å²) in [6.07, 6.45) is 10.3. The van der Waals surface area contributed by atoms with Crippen molar-refractivity contribution < 1.29 is 9.72 Å². The molecule has 1 N–H and O–H groups in total. The van der Waals surface area contributed by atoms with E-state index in [9.17, 15) is 14.9 Å². The molecule has 0 saturated heterocycles. The van der Waals surface area contributed by atoms with Gasteiger partial charge in [0.2, 0.25) is 5.69 Å². The summed E-state index contributed by atoms with van der Waals surface area (Å²) in [7, 11) is 0. The minimum Gasteiger partial charge on any atom is -0.346 e. The highest BCUT2D eigenvalue weighted by Gasteiger charge is 2.53. The minimum atomic E-state index is -0.506. The van der Waals surface area contributed by atoms with Crippen molar-refractivity contribution in [3.05, 3.63) is 39.5 Å². The van der Waals surface area contributed by atoms with Gasteiger partial charge in [-0.3, -0.25) is 24.3 Å². The lowest BCUT2D eigenvalue weighted by atomic mass is 9.53. The number of hydrogen-bond donors (Lipinski definition) is 1. The van der Waals surface area contributed by atoms with Gasteiger partial charge in [-0.1, -0.05) is 0 Å². The van der Waals surface area contributed by atoms with Crippen LogP contribution in [-0.4, -0.2) is 30.4 Å². The molecule has 0 aliphatic heterocycles. The predicted molar refractivity (Wildman–Crippen MR) is 109 cm³/mol. The standard InChI is InChI=1S/C21H28N6O3/c1-3-25-11-17(13(2)23-25)10-22-20(28)19-18(27(29)30)12-26(24-19)21-7-14-4-15(8-21)6-16(5-14)9-21/h11-12,14-16H,3-10H2,1-2H3,(H,22,28). The Labute approximate surface area is 175 Å². The lowest BCUT2D eigenvalue weighted by molar-refractivity contribution is -0.385. The summed E-state index contributed by atoms with van der Waals surface area (Å²) in [6, 6.07) is 0. The van der Waals surface area contributed by atoms with Crippen molar-refractivity contribution in [2.75, 3.05) is 0 Å². The van der Waals surface area contributed by atoms with Crippen LogP contribution in [0.5, 0.6) is 0 Å². The van der Waals surface area contributed by atoms with E-state index in [1.165, 1.54) is 25.5 Å². The van der Waals surface area contributed by atoms with E-state index in [0.29, 0.717) is 17.8 Å². The maximum atomic E-state index is 12.9. The molecule has 30 heavy (non-hydrogen) atoms. The van der Waals surface area contributed by atoms with Gasteiger partial charge >= 0.3 is 5.69 Å². The highest BCUT2D eigenvalue weighted by Crippen LogP contribution is 2.58. The molecule has 4 aliphatic rings. The van der Waals surface area contributed by atoms with Crippen LogP contribution < -0.4 is 5.32 Å². The number of hydrogen-bond acceptors (Lipinski definition) is 5. The van der Waals surface area contributed by atoms with Gasteiger partial charge < -0.3 is 5.32 Å². The second-order valence-corrected chi connectivity index (χ2v) is 9.48. The van der Waals surface area contributed by atoms with Crippen molar-refractivity contribution in [3.8, 4) is 0 Å². The third-order valence-electron chi connectivity index (χ3n) is 7.41. The van der Waals surface area contributed by atoms with Crippen LogP contribution in [0, 0.1) is 34.8 Å². The molecule has 4 saturated carbocycles. The highest BCUT2D eigenvalue weighted by molar-refractivity contribution is 5.96. The Morgan fingerprint density at radius 2 is 1.83 bits per heavy atom. The van der Waals surface area contributed by atoms with Gasteiger partial charge in [0.25, 0.3) is 5.91 Å². The van der Waals surface area contributed by atoms with Gasteiger partial charge in [-0.2, -0.15) is 10.2 Å². The van der Waals surface area contributed by atoms with Gasteiger partial charge in [0.1, 0.15) is 6.20 Å². The molecule has 2 aromatic heterocycles. The van der Waals surface area contributed by atoms with Crippen LogP contribution in [0.25, 0.3) is 0 Å². The normalized spacial score (nSPS) is 29.3. The quantitative estimate of drug-likeness (QED) is 0.579. The summed E-state index contributed by atoms with van der Waals surface area (Å²) in [5, 5.41) is 23.4. The fraction of sp³-hybridized carbons (Fsp3) is 0.667. The lowest BCUT2D eigenvalue weighted by Crippen LogP contribution is -2.52.